The van der Waals surface area contributed by atoms with Crippen molar-refractivity contribution in [3.05, 3.63) is 12.7 Å². The molecule has 12 heavy (non-hydrogen) atoms. The maximum atomic E-state index is 11.4. The number of likely N-dealkylation sites (tertiary alicyclic amines) is 1. The number of nitrogens with two attached hydrogens (primary N) is 1. The SMILES string of the molecule is C=CCC(C)N1CCC(N)C1=O. The number of carbonyl (C=O) groups excluding carboxylic acids is 1. The first-order chi connectivity index (χ1) is 5.66. The van der Waals surface area contributed by atoms with Crippen LogP contribution in [0.25, 0.3) is 0 Å². The molecule has 3 nitrogen and oxygen atoms in total. The highest BCUT2D eigenvalue weighted by molar-refractivity contribution is 5.83. The first kappa shape index (κ1) is 9.26. The average Bonchev–Trinajstić information content (AvgIpc) is 2.34. The first-order valence-electron chi connectivity index (χ1n) is 4.33. The Morgan fingerprint density at radius 1 is 1.92 bits per heavy atom. The van der Waals surface area contributed by atoms with E-state index in [1.54, 1.807) is 0 Å². The minimum atomic E-state index is -0.266. The van der Waals surface area contributed by atoms with Gasteiger partial charge in [-0.1, -0.05) is 6.08 Å². The molecule has 2 N–H and O–H groups in total. The van der Waals surface area contributed by atoms with Crippen molar-refractivity contribution in [3.8, 4) is 0 Å². The topological polar surface area (TPSA) is 46.3 Å². The molecule has 0 bridgehead atoms. The second kappa shape index (κ2) is 3.72. The lowest BCUT2D eigenvalue weighted by Crippen LogP contribution is -2.39. The fourth-order valence-electron chi connectivity index (χ4n) is 1.53. The van der Waals surface area contributed by atoms with E-state index < -0.39 is 0 Å². The van der Waals surface area contributed by atoms with Crippen molar-refractivity contribution in [1.29, 1.82) is 0 Å². The Balaban J connectivity index is 2.52. The molecule has 0 radical (unpaired) electrons. The Morgan fingerprint density at radius 2 is 2.58 bits per heavy atom. The van der Waals surface area contributed by atoms with Crippen LogP contribution in [0.3, 0.4) is 0 Å². The summed E-state index contributed by atoms with van der Waals surface area (Å²) in [7, 11) is 0. The van der Waals surface area contributed by atoms with Crippen molar-refractivity contribution in [2.45, 2.75) is 31.8 Å². The molecule has 2 unspecified atom stereocenters. The number of nitrogens with zero attached hydrogens (tertiary/aromatic N) is 1. The summed E-state index contributed by atoms with van der Waals surface area (Å²) in [6.07, 6.45) is 3.47. The number of carbonyl (C=O) groups is 1. The summed E-state index contributed by atoms with van der Waals surface area (Å²) in [5, 5.41) is 0. The van der Waals surface area contributed by atoms with Gasteiger partial charge in [0, 0.05) is 12.6 Å². The van der Waals surface area contributed by atoms with Gasteiger partial charge in [-0.25, -0.2) is 0 Å². The van der Waals surface area contributed by atoms with Gasteiger partial charge in [-0.05, 0) is 19.8 Å². The molecule has 0 aromatic carbocycles. The zero-order valence-corrected chi connectivity index (χ0v) is 7.49. The predicted octanol–water partition coefficient (Wildman–Crippen LogP) is 0.511. The monoisotopic (exact) mass is 168 g/mol. The van der Waals surface area contributed by atoms with Crippen LogP contribution in [0.1, 0.15) is 19.8 Å². The summed E-state index contributed by atoms with van der Waals surface area (Å²) in [4.78, 5) is 13.2. The summed E-state index contributed by atoms with van der Waals surface area (Å²) < 4.78 is 0. The third-order valence-electron chi connectivity index (χ3n) is 2.32. The summed E-state index contributed by atoms with van der Waals surface area (Å²) in [5.74, 6) is 0.0874. The van der Waals surface area contributed by atoms with E-state index in [0.717, 1.165) is 19.4 Å². The smallest absolute Gasteiger partial charge is 0.239 e. The average molecular weight is 168 g/mol. The van der Waals surface area contributed by atoms with Crippen LogP contribution < -0.4 is 5.73 Å². The fraction of sp³-hybridized carbons (Fsp3) is 0.667. The standard InChI is InChI=1S/C9H16N2O/c1-3-4-7(2)11-6-5-8(10)9(11)12/h3,7-8H,1,4-6,10H2,2H3. The van der Waals surface area contributed by atoms with Gasteiger partial charge in [0.05, 0.1) is 6.04 Å². The van der Waals surface area contributed by atoms with Gasteiger partial charge in [0.1, 0.15) is 0 Å². The second-order valence-electron chi connectivity index (χ2n) is 3.30. The molecule has 0 aliphatic carbocycles. The molecule has 1 saturated heterocycles. The van der Waals surface area contributed by atoms with Crippen LogP contribution in [-0.4, -0.2) is 29.4 Å². The van der Waals surface area contributed by atoms with Crippen LogP contribution in [0.2, 0.25) is 0 Å². The Bertz CT molecular complexity index is 191. The second-order valence-corrected chi connectivity index (χ2v) is 3.30. The summed E-state index contributed by atoms with van der Waals surface area (Å²) >= 11 is 0. The van der Waals surface area contributed by atoms with E-state index in [9.17, 15) is 4.79 Å². The Labute approximate surface area is 73.2 Å². The van der Waals surface area contributed by atoms with Crippen molar-refractivity contribution in [2.24, 2.45) is 5.73 Å². The van der Waals surface area contributed by atoms with E-state index in [1.807, 2.05) is 17.9 Å². The van der Waals surface area contributed by atoms with E-state index >= 15 is 0 Å². The van der Waals surface area contributed by atoms with Crippen LogP contribution in [0, 0.1) is 0 Å². The lowest BCUT2D eigenvalue weighted by Gasteiger charge is -2.23. The molecular formula is C9H16N2O. The molecule has 1 aliphatic heterocycles. The van der Waals surface area contributed by atoms with Gasteiger partial charge < -0.3 is 10.6 Å². The Hall–Kier alpha value is -0.830. The zero-order valence-electron chi connectivity index (χ0n) is 7.49. The first-order valence-corrected chi connectivity index (χ1v) is 4.33. The molecule has 3 heteroatoms. The molecule has 1 fully saturated rings. The van der Waals surface area contributed by atoms with E-state index in [4.69, 9.17) is 5.73 Å². The highest BCUT2D eigenvalue weighted by atomic mass is 16.2. The minimum Gasteiger partial charge on any atom is -0.338 e. The molecule has 68 valence electrons. The van der Waals surface area contributed by atoms with E-state index in [1.165, 1.54) is 0 Å². The minimum absolute atomic E-state index is 0.0874. The normalized spacial score (nSPS) is 26.0. The summed E-state index contributed by atoms with van der Waals surface area (Å²) in [6.45, 7) is 6.47. The number of hydrogen-bond acceptors (Lipinski definition) is 2. The van der Waals surface area contributed by atoms with Crippen molar-refractivity contribution in [3.63, 3.8) is 0 Å². The lowest BCUT2D eigenvalue weighted by atomic mass is 10.2. The largest absolute Gasteiger partial charge is 0.338 e. The molecule has 0 saturated carbocycles. The number of hydrogen-bond donors (Lipinski definition) is 1. The van der Waals surface area contributed by atoms with Gasteiger partial charge in [-0.3, -0.25) is 4.79 Å². The van der Waals surface area contributed by atoms with Crippen LogP contribution >= 0.6 is 0 Å². The zero-order chi connectivity index (χ0) is 9.14. The van der Waals surface area contributed by atoms with Crippen molar-refractivity contribution < 1.29 is 4.79 Å². The summed E-state index contributed by atoms with van der Waals surface area (Å²) in [6, 6.07) is -0.0131. The molecule has 0 spiro atoms. The molecule has 1 heterocycles. The van der Waals surface area contributed by atoms with Gasteiger partial charge in [-0.2, -0.15) is 0 Å². The summed E-state index contributed by atoms with van der Waals surface area (Å²) in [5.41, 5.74) is 5.59. The maximum Gasteiger partial charge on any atom is 0.239 e. The number of amides is 1. The van der Waals surface area contributed by atoms with Crippen molar-refractivity contribution >= 4 is 5.91 Å². The highest BCUT2D eigenvalue weighted by Gasteiger charge is 2.30. The Kier molecular flexibility index (Phi) is 2.87. The molecule has 1 amide bonds. The molecule has 2 atom stereocenters. The lowest BCUT2D eigenvalue weighted by molar-refractivity contribution is -0.130. The molecule has 1 aliphatic rings. The van der Waals surface area contributed by atoms with Gasteiger partial charge >= 0.3 is 0 Å². The van der Waals surface area contributed by atoms with Crippen molar-refractivity contribution in [2.75, 3.05) is 6.54 Å². The fourth-order valence-corrected chi connectivity index (χ4v) is 1.53. The van der Waals surface area contributed by atoms with Gasteiger partial charge in [-0.15, -0.1) is 6.58 Å². The van der Waals surface area contributed by atoms with E-state index in [-0.39, 0.29) is 18.0 Å². The van der Waals surface area contributed by atoms with Gasteiger partial charge in [0.25, 0.3) is 0 Å². The molecule has 0 aromatic rings. The van der Waals surface area contributed by atoms with Crippen LogP contribution in [0.4, 0.5) is 0 Å². The maximum absolute atomic E-state index is 11.4. The quantitative estimate of drug-likeness (QED) is 0.624. The van der Waals surface area contributed by atoms with Gasteiger partial charge in [0.15, 0.2) is 0 Å². The van der Waals surface area contributed by atoms with Crippen LogP contribution in [0.5, 0.6) is 0 Å². The molecule has 1 rings (SSSR count). The van der Waals surface area contributed by atoms with Crippen molar-refractivity contribution in [1.82, 2.24) is 4.90 Å². The van der Waals surface area contributed by atoms with Gasteiger partial charge in [0.2, 0.25) is 5.91 Å². The van der Waals surface area contributed by atoms with Crippen LogP contribution in [0.15, 0.2) is 12.7 Å². The van der Waals surface area contributed by atoms with E-state index in [2.05, 4.69) is 6.58 Å². The Morgan fingerprint density at radius 3 is 3.00 bits per heavy atom. The number of rotatable bonds is 3. The van der Waals surface area contributed by atoms with E-state index in [0.29, 0.717) is 0 Å². The highest BCUT2D eigenvalue weighted by Crippen LogP contribution is 2.14. The predicted molar refractivity (Wildman–Crippen MR) is 48.6 cm³/mol. The third kappa shape index (κ3) is 1.67. The molecular weight excluding hydrogens is 152 g/mol. The molecule has 0 aromatic heterocycles. The van der Waals surface area contributed by atoms with Crippen LogP contribution in [-0.2, 0) is 4.79 Å². The third-order valence-corrected chi connectivity index (χ3v) is 2.32.